The number of amides is 1. The molecule has 3 heterocycles. The van der Waals surface area contributed by atoms with Crippen LogP contribution in [0.3, 0.4) is 0 Å². The number of aryl methyl sites for hydroxylation is 1. The molecule has 2 aromatic heterocycles. The van der Waals surface area contributed by atoms with Crippen molar-refractivity contribution >= 4 is 11.7 Å². The molecule has 1 fully saturated rings. The minimum Gasteiger partial charge on any atom is -0.352 e. The molecule has 1 aliphatic heterocycles. The highest BCUT2D eigenvalue weighted by Crippen LogP contribution is 2.16. The van der Waals surface area contributed by atoms with E-state index in [1.54, 1.807) is 23.2 Å². The zero-order valence-electron chi connectivity index (χ0n) is 14.9. The molecule has 1 saturated heterocycles. The normalized spacial score (nSPS) is 14.4. The van der Waals surface area contributed by atoms with E-state index in [1.165, 1.54) is 12.1 Å². The summed E-state index contributed by atoms with van der Waals surface area (Å²) in [6, 6.07) is 9.63. The molecular weight excluding hydrogens is 347 g/mol. The Hall–Kier alpha value is -3.29. The van der Waals surface area contributed by atoms with Gasteiger partial charge in [0.2, 0.25) is 0 Å². The van der Waals surface area contributed by atoms with Gasteiger partial charge in [0.1, 0.15) is 11.6 Å². The van der Waals surface area contributed by atoms with Gasteiger partial charge in [-0.2, -0.15) is 0 Å². The first-order valence-electron chi connectivity index (χ1n) is 8.76. The van der Waals surface area contributed by atoms with Crippen molar-refractivity contribution in [2.45, 2.75) is 6.92 Å². The van der Waals surface area contributed by atoms with Crippen molar-refractivity contribution in [1.29, 1.82) is 0 Å². The van der Waals surface area contributed by atoms with Crippen LogP contribution in [-0.4, -0.2) is 56.7 Å². The average Bonchev–Trinajstić information content (AvgIpc) is 3.14. The van der Waals surface area contributed by atoms with Crippen LogP contribution in [0.15, 0.2) is 48.8 Å². The van der Waals surface area contributed by atoms with E-state index in [-0.39, 0.29) is 5.91 Å². The zero-order valence-corrected chi connectivity index (χ0v) is 14.9. The summed E-state index contributed by atoms with van der Waals surface area (Å²) in [6.07, 6.45) is 3.57. The number of hydrogen-bond donors (Lipinski definition) is 0. The number of nitrogens with zero attached hydrogens (tertiary/aromatic N) is 6. The van der Waals surface area contributed by atoms with Gasteiger partial charge in [-0.25, -0.2) is 9.37 Å². The number of benzene rings is 1. The van der Waals surface area contributed by atoms with Gasteiger partial charge in [0, 0.05) is 44.1 Å². The van der Waals surface area contributed by atoms with E-state index in [1.807, 2.05) is 29.8 Å². The summed E-state index contributed by atoms with van der Waals surface area (Å²) in [7, 11) is 0. The van der Waals surface area contributed by atoms with Crippen LogP contribution in [0.2, 0.25) is 0 Å². The number of piperazine rings is 1. The Morgan fingerprint density at radius 3 is 2.41 bits per heavy atom. The fraction of sp³-hybridized carbons (Fsp3) is 0.263. The van der Waals surface area contributed by atoms with Crippen LogP contribution in [0, 0.1) is 12.7 Å². The van der Waals surface area contributed by atoms with Crippen molar-refractivity contribution in [1.82, 2.24) is 24.6 Å². The lowest BCUT2D eigenvalue weighted by molar-refractivity contribution is 0.0746. The molecule has 0 unspecified atom stereocenters. The Balaban J connectivity index is 1.40. The SMILES string of the molecule is Cc1nccn1-c1ccc(N2CCN(C(=O)c3cccc(F)c3)CC2)nn1. The maximum atomic E-state index is 13.3. The number of aromatic nitrogens is 4. The van der Waals surface area contributed by atoms with Crippen LogP contribution in [0.1, 0.15) is 16.2 Å². The number of carbonyl (C=O) groups is 1. The number of halogens is 1. The Kier molecular flexibility index (Phi) is 4.53. The number of imidazole rings is 1. The predicted molar refractivity (Wildman–Crippen MR) is 98.4 cm³/mol. The molecule has 8 heteroatoms. The number of carbonyl (C=O) groups excluding carboxylic acids is 1. The van der Waals surface area contributed by atoms with Gasteiger partial charge < -0.3 is 9.80 Å². The van der Waals surface area contributed by atoms with E-state index in [4.69, 9.17) is 0 Å². The Labute approximate surface area is 156 Å². The lowest BCUT2D eigenvalue weighted by atomic mass is 10.1. The Bertz CT molecular complexity index is 947. The molecule has 1 aliphatic rings. The summed E-state index contributed by atoms with van der Waals surface area (Å²) in [6.45, 7) is 4.32. The molecule has 0 radical (unpaired) electrons. The van der Waals surface area contributed by atoms with Gasteiger partial charge in [0.15, 0.2) is 11.6 Å². The molecule has 1 aromatic carbocycles. The van der Waals surface area contributed by atoms with E-state index in [2.05, 4.69) is 20.1 Å². The lowest BCUT2D eigenvalue weighted by Gasteiger charge is -2.35. The van der Waals surface area contributed by atoms with Crippen molar-refractivity contribution in [2.24, 2.45) is 0 Å². The summed E-state index contributed by atoms with van der Waals surface area (Å²) in [5, 5.41) is 8.59. The smallest absolute Gasteiger partial charge is 0.254 e. The molecule has 7 nitrogen and oxygen atoms in total. The molecule has 138 valence electrons. The fourth-order valence-electron chi connectivity index (χ4n) is 3.18. The quantitative estimate of drug-likeness (QED) is 0.710. The second kappa shape index (κ2) is 7.14. The van der Waals surface area contributed by atoms with Crippen LogP contribution in [0.5, 0.6) is 0 Å². The van der Waals surface area contributed by atoms with Gasteiger partial charge in [0.05, 0.1) is 0 Å². The summed E-state index contributed by atoms with van der Waals surface area (Å²) in [5.41, 5.74) is 0.378. The van der Waals surface area contributed by atoms with Crippen molar-refractivity contribution < 1.29 is 9.18 Å². The molecule has 4 rings (SSSR count). The highest BCUT2D eigenvalue weighted by Gasteiger charge is 2.23. The van der Waals surface area contributed by atoms with Gasteiger partial charge >= 0.3 is 0 Å². The van der Waals surface area contributed by atoms with Gasteiger partial charge in [-0.15, -0.1) is 10.2 Å². The monoisotopic (exact) mass is 366 g/mol. The van der Waals surface area contributed by atoms with Gasteiger partial charge in [0.25, 0.3) is 5.91 Å². The van der Waals surface area contributed by atoms with Crippen LogP contribution >= 0.6 is 0 Å². The van der Waals surface area contributed by atoms with E-state index in [9.17, 15) is 9.18 Å². The number of hydrogen-bond acceptors (Lipinski definition) is 5. The molecular formula is C19H19FN6O. The van der Waals surface area contributed by atoms with Crippen molar-refractivity contribution in [3.8, 4) is 5.82 Å². The van der Waals surface area contributed by atoms with Crippen LogP contribution in [-0.2, 0) is 0 Å². The van der Waals surface area contributed by atoms with Gasteiger partial charge in [-0.05, 0) is 37.3 Å². The van der Waals surface area contributed by atoms with E-state index >= 15 is 0 Å². The Morgan fingerprint density at radius 1 is 1.04 bits per heavy atom. The molecule has 3 aromatic rings. The molecule has 0 spiro atoms. The largest absolute Gasteiger partial charge is 0.352 e. The molecule has 0 saturated carbocycles. The van der Waals surface area contributed by atoms with E-state index < -0.39 is 5.82 Å². The first-order chi connectivity index (χ1) is 13.1. The standard InChI is InChI=1S/C19H19FN6O/c1-14-21-7-8-26(14)18-6-5-17(22-23-18)24-9-11-25(12-10-24)19(27)15-3-2-4-16(20)13-15/h2-8,13H,9-12H2,1H3. The number of anilines is 1. The summed E-state index contributed by atoms with van der Waals surface area (Å²) in [5.74, 6) is 1.79. The predicted octanol–water partition coefficient (Wildman–Crippen LogP) is 2.07. The molecule has 0 atom stereocenters. The first-order valence-corrected chi connectivity index (χ1v) is 8.76. The zero-order chi connectivity index (χ0) is 18.8. The molecule has 0 bridgehead atoms. The second-order valence-electron chi connectivity index (χ2n) is 6.38. The highest BCUT2D eigenvalue weighted by molar-refractivity contribution is 5.94. The van der Waals surface area contributed by atoms with Crippen molar-refractivity contribution in [3.63, 3.8) is 0 Å². The van der Waals surface area contributed by atoms with Crippen molar-refractivity contribution in [3.05, 3.63) is 66.0 Å². The molecule has 27 heavy (non-hydrogen) atoms. The minimum absolute atomic E-state index is 0.147. The highest BCUT2D eigenvalue weighted by atomic mass is 19.1. The summed E-state index contributed by atoms with van der Waals surface area (Å²) in [4.78, 5) is 20.5. The second-order valence-corrected chi connectivity index (χ2v) is 6.38. The summed E-state index contributed by atoms with van der Waals surface area (Å²) >= 11 is 0. The maximum Gasteiger partial charge on any atom is 0.254 e. The third-order valence-electron chi connectivity index (χ3n) is 4.67. The maximum absolute atomic E-state index is 13.3. The van der Waals surface area contributed by atoms with Crippen molar-refractivity contribution in [2.75, 3.05) is 31.1 Å². The fourth-order valence-corrected chi connectivity index (χ4v) is 3.18. The van der Waals surface area contributed by atoms with Crippen LogP contribution in [0.4, 0.5) is 10.2 Å². The lowest BCUT2D eigenvalue weighted by Crippen LogP contribution is -2.49. The molecule has 0 aliphatic carbocycles. The topological polar surface area (TPSA) is 67.2 Å². The van der Waals surface area contributed by atoms with Crippen LogP contribution < -0.4 is 4.90 Å². The van der Waals surface area contributed by atoms with Gasteiger partial charge in [-0.1, -0.05) is 6.07 Å². The van der Waals surface area contributed by atoms with E-state index in [0.717, 1.165) is 11.6 Å². The van der Waals surface area contributed by atoms with E-state index in [0.29, 0.717) is 37.6 Å². The third kappa shape index (κ3) is 3.51. The molecule has 1 amide bonds. The Morgan fingerprint density at radius 2 is 1.78 bits per heavy atom. The minimum atomic E-state index is -0.400. The third-order valence-corrected chi connectivity index (χ3v) is 4.67. The van der Waals surface area contributed by atoms with Crippen LogP contribution in [0.25, 0.3) is 5.82 Å². The summed E-state index contributed by atoms with van der Waals surface area (Å²) < 4.78 is 15.2. The molecule has 0 N–H and O–H groups in total. The number of rotatable bonds is 3. The first kappa shape index (κ1) is 17.1. The van der Waals surface area contributed by atoms with Gasteiger partial charge in [-0.3, -0.25) is 9.36 Å². The average molecular weight is 366 g/mol.